The zero-order chi connectivity index (χ0) is 9.19. The van der Waals surface area contributed by atoms with E-state index >= 15 is 0 Å². The molecule has 2 nitrogen and oxygen atoms in total. The second-order valence-electron chi connectivity index (χ2n) is 1.89. The molecule has 1 aromatic rings. The second-order valence-corrected chi connectivity index (χ2v) is 3.00. The van der Waals surface area contributed by atoms with E-state index in [1.807, 2.05) is 0 Å². The van der Waals surface area contributed by atoms with E-state index in [9.17, 15) is 13.2 Å². The standard InChI is InChI=1S/C6H3F3N2S/c7-6(8,9)12-5-3-11-2-4(5)1-10/h2-3,11H. The number of aromatic nitrogens is 1. The summed E-state index contributed by atoms with van der Waals surface area (Å²) < 4.78 is 35.3. The predicted molar refractivity (Wildman–Crippen MR) is 37.4 cm³/mol. The number of nitriles is 1. The highest BCUT2D eigenvalue weighted by molar-refractivity contribution is 8.00. The Balaban J connectivity index is 2.84. The van der Waals surface area contributed by atoms with E-state index in [0.717, 1.165) is 6.20 Å². The van der Waals surface area contributed by atoms with Gasteiger partial charge in [-0.2, -0.15) is 18.4 Å². The minimum atomic E-state index is -4.34. The quantitative estimate of drug-likeness (QED) is 0.694. The SMILES string of the molecule is N#Cc1c[nH]cc1SC(F)(F)F. The minimum absolute atomic E-state index is 0.0114. The van der Waals surface area contributed by atoms with E-state index in [0.29, 0.717) is 0 Å². The van der Waals surface area contributed by atoms with Crippen LogP contribution in [0.4, 0.5) is 13.2 Å². The third-order valence-electron chi connectivity index (χ3n) is 1.05. The Bertz CT molecular complexity index is 309. The van der Waals surface area contributed by atoms with E-state index in [4.69, 9.17) is 5.26 Å². The van der Waals surface area contributed by atoms with Gasteiger partial charge in [-0.05, 0) is 11.8 Å². The molecule has 0 amide bonds. The van der Waals surface area contributed by atoms with Crippen LogP contribution in [0.25, 0.3) is 0 Å². The number of nitrogens with zero attached hydrogens (tertiary/aromatic N) is 1. The Morgan fingerprint density at radius 2 is 2.08 bits per heavy atom. The lowest BCUT2D eigenvalue weighted by Gasteiger charge is -2.02. The Morgan fingerprint density at radius 1 is 1.42 bits per heavy atom. The molecule has 0 aliphatic heterocycles. The number of thioether (sulfide) groups is 1. The largest absolute Gasteiger partial charge is 0.446 e. The Morgan fingerprint density at radius 3 is 2.58 bits per heavy atom. The van der Waals surface area contributed by atoms with E-state index in [-0.39, 0.29) is 22.2 Å². The van der Waals surface area contributed by atoms with Crippen molar-refractivity contribution in [1.29, 1.82) is 5.26 Å². The highest BCUT2D eigenvalue weighted by atomic mass is 32.2. The first kappa shape index (κ1) is 9.00. The minimum Gasteiger partial charge on any atom is -0.365 e. The van der Waals surface area contributed by atoms with Gasteiger partial charge in [-0.1, -0.05) is 0 Å². The third kappa shape index (κ3) is 2.20. The molecule has 0 unspecified atom stereocenters. The zero-order valence-corrected chi connectivity index (χ0v) is 6.46. The first-order chi connectivity index (χ1) is 5.53. The molecule has 64 valence electrons. The molecule has 0 bridgehead atoms. The van der Waals surface area contributed by atoms with Crippen molar-refractivity contribution in [1.82, 2.24) is 4.98 Å². The van der Waals surface area contributed by atoms with Crippen LogP contribution in [-0.2, 0) is 0 Å². The molecule has 0 atom stereocenters. The van der Waals surface area contributed by atoms with Gasteiger partial charge < -0.3 is 4.98 Å². The molecule has 0 saturated carbocycles. The molecular weight excluding hydrogens is 189 g/mol. The molecule has 12 heavy (non-hydrogen) atoms. The Labute approximate surface area is 70.4 Å². The van der Waals surface area contributed by atoms with Crippen LogP contribution in [0.15, 0.2) is 17.3 Å². The molecule has 0 fully saturated rings. The summed E-state index contributed by atoms with van der Waals surface area (Å²) in [4.78, 5) is 2.34. The van der Waals surface area contributed by atoms with Crippen molar-refractivity contribution >= 4 is 11.8 Å². The maximum absolute atomic E-state index is 11.8. The summed E-state index contributed by atoms with van der Waals surface area (Å²) in [6.07, 6.45) is 2.38. The van der Waals surface area contributed by atoms with Crippen LogP contribution in [0.1, 0.15) is 5.56 Å². The maximum Gasteiger partial charge on any atom is 0.446 e. The fourth-order valence-corrected chi connectivity index (χ4v) is 1.24. The number of nitrogens with one attached hydrogen (secondary N) is 1. The van der Waals surface area contributed by atoms with E-state index < -0.39 is 5.51 Å². The highest BCUT2D eigenvalue weighted by Crippen LogP contribution is 2.38. The maximum atomic E-state index is 11.8. The van der Waals surface area contributed by atoms with Gasteiger partial charge in [-0.3, -0.25) is 0 Å². The van der Waals surface area contributed by atoms with Gasteiger partial charge in [0.1, 0.15) is 6.07 Å². The van der Waals surface area contributed by atoms with Gasteiger partial charge in [0.15, 0.2) is 0 Å². The summed E-state index contributed by atoms with van der Waals surface area (Å²) in [5.74, 6) is 0. The van der Waals surface area contributed by atoms with Crippen molar-refractivity contribution < 1.29 is 13.2 Å². The number of rotatable bonds is 1. The van der Waals surface area contributed by atoms with Crippen molar-refractivity contribution in [2.75, 3.05) is 0 Å². The van der Waals surface area contributed by atoms with Gasteiger partial charge in [0.05, 0.1) is 10.5 Å². The number of H-pyrrole nitrogens is 1. The molecule has 1 N–H and O–H groups in total. The van der Waals surface area contributed by atoms with Gasteiger partial charge in [0, 0.05) is 12.4 Å². The van der Waals surface area contributed by atoms with Crippen molar-refractivity contribution in [3.8, 4) is 6.07 Å². The summed E-state index contributed by atoms with van der Waals surface area (Å²) in [5.41, 5.74) is -4.33. The topological polar surface area (TPSA) is 39.6 Å². The number of halogens is 3. The van der Waals surface area contributed by atoms with Crippen LogP contribution in [-0.4, -0.2) is 10.5 Å². The fourth-order valence-electron chi connectivity index (χ4n) is 0.646. The fraction of sp³-hybridized carbons (Fsp3) is 0.167. The van der Waals surface area contributed by atoms with Gasteiger partial charge >= 0.3 is 5.51 Å². The molecule has 0 aliphatic rings. The molecule has 1 aromatic heterocycles. The monoisotopic (exact) mass is 192 g/mol. The van der Waals surface area contributed by atoms with E-state index in [1.54, 1.807) is 6.07 Å². The van der Waals surface area contributed by atoms with E-state index in [2.05, 4.69) is 4.98 Å². The summed E-state index contributed by atoms with van der Waals surface area (Å²) in [6, 6.07) is 1.65. The number of alkyl halides is 3. The highest BCUT2D eigenvalue weighted by Gasteiger charge is 2.30. The molecule has 0 radical (unpaired) electrons. The Kier molecular flexibility index (Phi) is 2.33. The van der Waals surface area contributed by atoms with Gasteiger partial charge in [-0.25, -0.2) is 0 Å². The predicted octanol–water partition coefficient (Wildman–Crippen LogP) is 2.50. The summed E-state index contributed by atoms with van der Waals surface area (Å²) >= 11 is -0.295. The first-order valence-corrected chi connectivity index (χ1v) is 3.67. The summed E-state index contributed by atoms with van der Waals surface area (Å²) in [6.45, 7) is 0. The first-order valence-electron chi connectivity index (χ1n) is 2.85. The Hall–Kier alpha value is -1.09. The molecule has 0 aromatic carbocycles. The number of hydrogen-bond donors (Lipinski definition) is 1. The molecule has 1 heterocycles. The lowest BCUT2D eigenvalue weighted by Crippen LogP contribution is -1.98. The number of hydrogen-bond acceptors (Lipinski definition) is 2. The third-order valence-corrected chi connectivity index (χ3v) is 1.84. The normalized spacial score (nSPS) is 11.2. The number of aromatic amines is 1. The molecule has 0 spiro atoms. The second kappa shape index (κ2) is 3.11. The van der Waals surface area contributed by atoms with Gasteiger partial charge in [-0.15, -0.1) is 0 Å². The van der Waals surface area contributed by atoms with Crippen molar-refractivity contribution in [3.63, 3.8) is 0 Å². The van der Waals surface area contributed by atoms with Crippen LogP contribution >= 0.6 is 11.8 Å². The summed E-state index contributed by atoms with van der Waals surface area (Å²) in [5, 5.41) is 8.35. The van der Waals surface area contributed by atoms with E-state index in [1.165, 1.54) is 6.20 Å². The lowest BCUT2D eigenvalue weighted by atomic mass is 10.4. The van der Waals surface area contributed by atoms with Crippen LogP contribution in [0.5, 0.6) is 0 Å². The smallest absolute Gasteiger partial charge is 0.365 e. The van der Waals surface area contributed by atoms with Crippen LogP contribution in [0.3, 0.4) is 0 Å². The molecule has 0 aliphatic carbocycles. The zero-order valence-electron chi connectivity index (χ0n) is 5.64. The van der Waals surface area contributed by atoms with Crippen molar-refractivity contribution in [2.24, 2.45) is 0 Å². The van der Waals surface area contributed by atoms with Crippen molar-refractivity contribution in [2.45, 2.75) is 10.4 Å². The van der Waals surface area contributed by atoms with Crippen LogP contribution in [0.2, 0.25) is 0 Å². The van der Waals surface area contributed by atoms with Gasteiger partial charge in [0.2, 0.25) is 0 Å². The van der Waals surface area contributed by atoms with Gasteiger partial charge in [0.25, 0.3) is 0 Å². The lowest BCUT2D eigenvalue weighted by molar-refractivity contribution is -0.0328. The average molecular weight is 192 g/mol. The molecular formula is C6H3F3N2S. The summed E-state index contributed by atoms with van der Waals surface area (Å²) in [7, 11) is 0. The molecule has 0 saturated heterocycles. The van der Waals surface area contributed by atoms with Crippen LogP contribution < -0.4 is 0 Å². The van der Waals surface area contributed by atoms with Crippen LogP contribution in [0, 0.1) is 11.3 Å². The van der Waals surface area contributed by atoms with Crippen molar-refractivity contribution in [3.05, 3.63) is 18.0 Å². The molecule has 6 heteroatoms. The average Bonchev–Trinajstić information content (AvgIpc) is 2.31. The molecule has 1 rings (SSSR count).